The third-order valence-corrected chi connectivity index (χ3v) is 5.22. The SMILES string of the molecule is O=C(NCC1CNC1)C(Sc1ccc(F)cc1F)c1ccccc1. The average Bonchev–Trinajstić information content (AvgIpc) is 2.53. The minimum Gasteiger partial charge on any atom is -0.354 e. The number of benzene rings is 2. The summed E-state index contributed by atoms with van der Waals surface area (Å²) in [5.41, 5.74) is 0.787. The summed E-state index contributed by atoms with van der Waals surface area (Å²) < 4.78 is 27.1. The zero-order valence-corrected chi connectivity index (χ0v) is 13.8. The second kappa shape index (κ2) is 7.77. The van der Waals surface area contributed by atoms with Crippen molar-refractivity contribution in [2.75, 3.05) is 19.6 Å². The number of thioether (sulfide) groups is 1. The number of hydrogen-bond acceptors (Lipinski definition) is 3. The van der Waals surface area contributed by atoms with Gasteiger partial charge >= 0.3 is 0 Å². The maximum atomic E-state index is 14.0. The van der Waals surface area contributed by atoms with E-state index in [1.54, 1.807) is 0 Å². The van der Waals surface area contributed by atoms with Crippen LogP contribution >= 0.6 is 11.8 Å². The van der Waals surface area contributed by atoms with E-state index in [0.717, 1.165) is 36.5 Å². The predicted molar refractivity (Wildman–Crippen MR) is 90.8 cm³/mol. The van der Waals surface area contributed by atoms with Gasteiger partial charge in [0, 0.05) is 36.5 Å². The fourth-order valence-corrected chi connectivity index (χ4v) is 3.48. The normalized spacial score (nSPS) is 15.6. The first-order valence-electron chi connectivity index (χ1n) is 7.78. The topological polar surface area (TPSA) is 41.1 Å². The molecule has 1 saturated heterocycles. The molecule has 6 heteroatoms. The molecule has 2 N–H and O–H groups in total. The van der Waals surface area contributed by atoms with E-state index in [4.69, 9.17) is 0 Å². The van der Waals surface area contributed by atoms with Crippen molar-refractivity contribution in [3.63, 3.8) is 0 Å². The fraction of sp³-hybridized carbons (Fsp3) is 0.278. The van der Waals surface area contributed by atoms with Gasteiger partial charge in [0.2, 0.25) is 5.91 Å². The molecule has 3 rings (SSSR count). The van der Waals surface area contributed by atoms with Crippen LogP contribution in [0.25, 0.3) is 0 Å². The highest BCUT2D eigenvalue weighted by Crippen LogP contribution is 2.37. The first-order chi connectivity index (χ1) is 11.6. The summed E-state index contributed by atoms with van der Waals surface area (Å²) in [5, 5.41) is 5.51. The van der Waals surface area contributed by atoms with Gasteiger partial charge in [-0.25, -0.2) is 8.78 Å². The zero-order chi connectivity index (χ0) is 16.9. The molecule has 2 aromatic rings. The van der Waals surface area contributed by atoms with Crippen LogP contribution in [0.4, 0.5) is 8.78 Å². The number of carbonyl (C=O) groups is 1. The highest BCUT2D eigenvalue weighted by Gasteiger charge is 2.25. The van der Waals surface area contributed by atoms with E-state index in [9.17, 15) is 13.6 Å². The van der Waals surface area contributed by atoms with E-state index in [1.165, 1.54) is 12.1 Å². The van der Waals surface area contributed by atoms with Crippen LogP contribution in [0, 0.1) is 17.6 Å². The van der Waals surface area contributed by atoms with Crippen LogP contribution in [0.5, 0.6) is 0 Å². The van der Waals surface area contributed by atoms with Crippen LogP contribution in [0.15, 0.2) is 53.4 Å². The van der Waals surface area contributed by atoms with Gasteiger partial charge in [0.1, 0.15) is 16.9 Å². The van der Waals surface area contributed by atoms with Gasteiger partial charge in [0.15, 0.2) is 0 Å². The maximum absolute atomic E-state index is 14.0. The molecule has 1 fully saturated rings. The first kappa shape index (κ1) is 16.9. The van der Waals surface area contributed by atoms with E-state index in [0.29, 0.717) is 12.5 Å². The van der Waals surface area contributed by atoms with Crippen molar-refractivity contribution >= 4 is 17.7 Å². The number of nitrogens with one attached hydrogen (secondary N) is 2. The average molecular weight is 348 g/mol. The lowest BCUT2D eigenvalue weighted by Gasteiger charge is -2.28. The van der Waals surface area contributed by atoms with Gasteiger partial charge in [-0.3, -0.25) is 4.79 Å². The molecule has 1 amide bonds. The summed E-state index contributed by atoms with van der Waals surface area (Å²) in [6.45, 7) is 2.40. The minimum atomic E-state index is -0.656. The van der Waals surface area contributed by atoms with Crippen molar-refractivity contribution in [2.24, 2.45) is 5.92 Å². The third-order valence-electron chi connectivity index (χ3n) is 3.91. The van der Waals surface area contributed by atoms with E-state index in [1.807, 2.05) is 30.3 Å². The molecule has 1 aliphatic rings. The summed E-state index contributed by atoms with van der Waals surface area (Å²) in [6.07, 6.45) is 0. The van der Waals surface area contributed by atoms with Crippen LogP contribution in [0.3, 0.4) is 0 Å². The Balaban J connectivity index is 1.77. The molecule has 3 nitrogen and oxygen atoms in total. The Morgan fingerprint density at radius 3 is 2.58 bits per heavy atom. The maximum Gasteiger partial charge on any atom is 0.238 e. The molecule has 0 spiro atoms. The van der Waals surface area contributed by atoms with Crippen molar-refractivity contribution in [3.05, 3.63) is 65.7 Å². The molecule has 1 aliphatic heterocycles. The Morgan fingerprint density at radius 1 is 1.21 bits per heavy atom. The van der Waals surface area contributed by atoms with E-state index in [2.05, 4.69) is 10.6 Å². The van der Waals surface area contributed by atoms with Gasteiger partial charge in [-0.1, -0.05) is 30.3 Å². The second-order valence-corrected chi connectivity index (χ2v) is 6.90. The Kier molecular flexibility index (Phi) is 5.48. The molecule has 1 heterocycles. The van der Waals surface area contributed by atoms with E-state index < -0.39 is 16.9 Å². The molecule has 0 bridgehead atoms. The number of rotatable bonds is 6. The summed E-state index contributed by atoms with van der Waals surface area (Å²) >= 11 is 1.09. The quantitative estimate of drug-likeness (QED) is 0.788. The molecule has 126 valence electrons. The van der Waals surface area contributed by atoms with Crippen molar-refractivity contribution in [1.29, 1.82) is 0 Å². The van der Waals surface area contributed by atoms with Crippen molar-refractivity contribution in [3.8, 4) is 0 Å². The third kappa shape index (κ3) is 4.13. The Labute approximate surface area is 143 Å². The Morgan fingerprint density at radius 2 is 1.96 bits per heavy atom. The van der Waals surface area contributed by atoms with Crippen molar-refractivity contribution < 1.29 is 13.6 Å². The monoisotopic (exact) mass is 348 g/mol. The minimum absolute atomic E-state index is 0.165. The van der Waals surface area contributed by atoms with Gasteiger partial charge in [-0.05, 0) is 17.7 Å². The zero-order valence-electron chi connectivity index (χ0n) is 13.0. The summed E-state index contributed by atoms with van der Waals surface area (Å²) in [4.78, 5) is 12.9. The molecule has 0 radical (unpaired) electrons. The summed E-state index contributed by atoms with van der Waals surface area (Å²) in [5.74, 6) is -1.01. The van der Waals surface area contributed by atoms with Gasteiger partial charge < -0.3 is 10.6 Å². The van der Waals surface area contributed by atoms with Crippen LogP contribution < -0.4 is 10.6 Å². The lowest BCUT2D eigenvalue weighted by Crippen LogP contribution is -2.48. The Hall–Kier alpha value is -1.92. The van der Waals surface area contributed by atoms with E-state index >= 15 is 0 Å². The molecule has 0 aromatic heterocycles. The summed E-state index contributed by atoms with van der Waals surface area (Å²) in [6, 6.07) is 12.6. The molecule has 24 heavy (non-hydrogen) atoms. The number of hydrogen-bond donors (Lipinski definition) is 2. The molecular formula is C18H18F2N2OS. The molecule has 0 saturated carbocycles. The standard InChI is InChI=1S/C18H18F2N2OS/c19-14-6-7-16(15(20)8-14)24-17(13-4-2-1-3-5-13)18(23)22-11-12-9-21-10-12/h1-8,12,17,21H,9-11H2,(H,22,23). The van der Waals surface area contributed by atoms with Crippen molar-refractivity contribution in [1.82, 2.24) is 10.6 Å². The number of amides is 1. The van der Waals surface area contributed by atoms with Crippen molar-refractivity contribution in [2.45, 2.75) is 10.1 Å². The smallest absolute Gasteiger partial charge is 0.238 e. The predicted octanol–water partition coefficient (Wildman–Crippen LogP) is 3.13. The molecule has 1 atom stereocenters. The van der Waals surface area contributed by atoms with E-state index in [-0.39, 0.29) is 10.8 Å². The Bertz CT molecular complexity index is 707. The molecule has 1 unspecified atom stereocenters. The highest BCUT2D eigenvalue weighted by atomic mass is 32.2. The fourth-order valence-electron chi connectivity index (χ4n) is 2.43. The van der Waals surface area contributed by atoms with Gasteiger partial charge in [-0.15, -0.1) is 11.8 Å². The number of halogens is 2. The van der Waals surface area contributed by atoms with Crippen LogP contribution in [0.2, 0.25) is 0 Å². The number of carbonyl (C=O) groups excluding carboxylic acids is 1. The first-order valence-corrected chi connectivity index (χ1v) is 8.66. The van der Waals surface area contributed by atoms with Gasteiger partial charge in [0.25, 0.3) is 0 Å². The largest absolute Gasteiger partial charge is 0.354 e. The van der Waals surface area contributed by atoms with Gasteiger partial charge in [-0.2, -0.15) is 0 Å². The lowest BCUT2D eigenvalue weighted by atomic mass is 10.0. The lowest BCUT2D eigenvalue weighted by molar-refractivity contribution is -0.120. The van der Waals surface area contributed by atoms with Crippen LogP contribution in [0.1, 0.15) is 10.8 Å². The van der Waals surface area contributed by atoms with Crippen LogP contribution in [-0.2, 0) is 4.79 Å². The molecular weight excluding hydrogens is 330 g/mol. The second-order valence-electron chi connectivity index (χ2n) is 5.75. The van der Waals surface area contributed by atoms with Crippen LogP contribution in [-0.4, -0.2) is 25.5 Å². The van der Waals surface area contributed by atoms with Gasteiger partial charge in [0.05, 0.1) is 0 Å². The summed E-state index contributed by atoms with van der Waals surface area (Å²) in [7, 11) is 0. The molecule has 2 aromatic carbocycles. The highest BCUT2D eigenvalue weighted by molar-refractivity contribution is 8.00. The molecule has 0 aliphatic carbocycles.